The van der Waals surface area contributed by atoms with Gasteiger partial charge in [-0.2, -0.15) is 0 Å². The Morgan fingerprint density at radius 2 is 1.72 bits per heavy atom. The molecule has 2 amide bonds. The molecular weight excluding hydrogens is 426 g/mol. The number of hydrogen-bond acceptors (Lipinski definition) is 4. The molecule has 0 aliphatic carbocycles. The van der Waals surface area contributed by atoms with Crippen molar-refractivity contribution in [2.45, 2.75) is 6.42 Å². The number of nitrogens with zero attached hydrogens (tertiary/aromatic N) is 1. The molecule has 166 valence electrons. The molecule has 1 aromatic heterocycles. The van der Waals surface area contributed by atoms with Crippen LogP contribution in [0.3, 0.4) is 0 Å². The second kappa shape index (κ2) is 11.3. The van der Waals surface area contributed by atoms with Gasteiger partial charge in [0.05, 0.1) is 0 Å². The fraction of sp³-hybridized carbons (Fsp3) is 0.200. The van der Waals surface area contributed by atoms with E-state index in [1.807, 2.05) is 37.2 Å². The quantitative estimate of drug-likeness (QED) is 0.372. The molecule has 0 aliphatic rings. The minimum Gasteiger partial charge on any atom is -0.457 e. The lowest BCUT2D eigenvalue weighted by molar-refractivity contribution is -0.117. The number of carbonyl (C=O) groups is 2. The topological polar surface area (TPSA) is 74.6 Å². The summed E-state index contributed by atoms with van der Waals surface area (Å²) in [5.41, 5.74) is 1.43. The van der Waals surface area contributed by atoms with Crippen LogP contribution in [0.25, 0.3) is 17.4 Å². The lowest BCUT2D eigenvalue weighted by Crippen LogP contribution is -2.36. The molecule has 0 fully saturated rings. The SMILES string of the molecule is CN(C)CCCNC(=O)C(=Cc1ccc(-c2ccc(Cl)cc2)o1)NC(=O)c1ccccc1. The summed E-state index contributed by atoms with van der Waals surface area (Å²) < 4.78 is 5.88. The third-order valence-electron chi connectivity index (χ3n) is 4.64. The minimum absolute atomic E-state index is 0.112. The second-order valence-electron chi connectivity index (χ2n) is 7.50. The highest BCUT2D eigenvalue weighted by Crippen LogP contribution is 2.24. The Morgan fingerprint density at radius 1 is 1.00 bits per heavy atom. The van der Waals surface area contributed by atoms with Crippen LogP contribution < -0.4 is 10.6 Å². The monoisotopic (exact) mass is 451 g/mol. The van der Waals surface area contributed by atoms with Crippen LogP contribution >= 0.6 is 11.6 Å². The predicted octanol–water partition coefficient (Wildman–Crippen LogP) is 4.44. The summed E-state index contributed by atoms with van der Waals surface area (Å²) in [6.45, 7) is 1.34. The summed E-state index contributed by atoms with van der Waals surface area (Å²) in [6.07, 6.45) is 2.32. The van der Waals surface area contributed by atoms with Gasteiger partial charge in [0.2, 0.25) is 0 Å². The minimum atomic E-state index is -0.377. The first-order chi connectivity index (χ1) is 15.4. The molecule has 0 unspecified atom stereocenters. The first-order valence-electron chi connectivity index (χ1n) is 10.3. The van der Waals surface area contributed by atoms with E-state index in [9.17, 15) is 9.59 Å². The third-order valence-corrected chi connectivity index (χ3v) is 4.89. The smallest absolute Gasteiger partial charge is 0.267 e. The van der Waals surface area contributed by atoms with Crippen molar-refractivity contribution in [1.29, 1.82) is 0 Å². The Morgan fingerprint density at radius 3 is 2.41 bits per heavy atom. The Bertz CT molecular complexity index is 1070. The van der Waals surface area contributed by atoms with E-state index in [1.165, 1.54) is 6.08 Å². The molecule has 0 saturated heterocycles. The van der Waals surface area contributed by atoms with Crippen molar-refractivity contribution in [2.75, 3.05) is 27.2 Å². The van der Waals surface area contributed by atoms with Crippen LogP contribution in [0.1, 0.15) is 22.5 Å². The maximum atomic E-state index is 12.8. The van der Waals surface area contributed by atoms with Gasteiger partial charge in [-0.1, -0.05) is 29.8 Å². The van der Waals surface area contributed by atoms with Gasteiger partial charge in [-0.25, -0.2) is 0 Å². The van der Waals surface area contributed by atoms with Gasteiger partial charge in [-0.3, -0.25) is 9.59 Å². The fourth-order valence-corrected chi connectivity index (χ4v) is 3.10. The Hall–Kier alpha value is -3.35. The van der Waals surface area contributed by atoms with E-state index in [-0.39, 0.29) is 17.5 Å². The number of benzene rings is 2. The molecule has 0 atom stereocenters. The molecule has 2 N–H and O–H groups in total. The number of nitrogens with one attached hydrogen (secondary N) is 2. The Labute approximate surface area is 192 Å². The summed E-state index contributed by atoms with van der Waals surface area (Å²) in [4.78, 5) is 27.5. The lowest BCUT2D eigenvalue weighted by Gasteiger charge is -2.12. The standard InChI is InChI=1S/C25H26ClN3O3/c1-29(2)16-6-15-27-25(31)22(28-24(30)19-7-4-3-5-8-19)17-21-13-14-23(32-21)18-9-11-20(26)12-10-18/h3-5,7-14,17H,6,15-16H2,1-2H3,(H,27,31)(H,28,30). The second-order valence-corrected chi connectivity index (χ2v) is 7.94. The first kappa shape index (κ1) is 23.3. The van der Waals surface area contributed by atoms with Crippen LogP contribution in [0.4, 0.5) is 0 Å². The molecule has 0 bridgehead atoms. The van der Waals surface area contributed by atoms with E-state index in [1.54, 1.807) is 48.5 Å². The summed E-state index contributed by atoms with van der Waals surface area (Å²) in [5, 5.41) is 6.20. The normalized spacial score (nSPS) is 11.4. The van der Waals surface area contributed by atoms with E-state index >= 15 is 0 Å². The van der Waals surface area contributed by atoms with Crippen molar-refractivity contribution < 1.29 is 14.0 Å². The Balaban J connectivity index is 1.79. The summed E-state index contributed by atoms with van der Waals surface area (Å²) in [5.74, 6) is 0.331. The molecule has 1 heterocycles. The molecule has 0 aliphatic heterocycles. The van der Waals surface area contributed by atoms with Crippen LogP contribution in [-0.4, -0.2) is 43.9 Å². The molecule has 3 aromatic rings. The Kier molecular flexibility index (Phi) is 8.25. The van der Waals surface area contributed by atoms with Gasteiger partial charge >= 0.3 is 0 Å². The zero-order valence-electron chi connectivity index (χ0n) is 18.1. The van der Waals surface area contributed by atoms with Crippen molar-refractivity contribution in [3.63, 3.8) is 0 Å². The lowest BCUT2D eigenvalue weighted by atomic mass is 10.2. The average molecular weight is 452 g/mol. The molecule has 0 spiro atoms. The summed E-state index contributed by atoms with van der Waals surface area (Å²) in [7, 11) is 3.95. The molecule has 7 heteroatoms. The van der Waals surface area contributed by atoms with Crippen molar-refractivity contribution in [1.82, 2.24) is 15.5 Å². The van der Waals surface area contributed by atoms with Gasteiger partial charge < -0.3 is 20.0 Å². The highest BCUT2D eigenvalue weighted by molar-refractivity contribution is 6.30. The zero-order chi connectivity index (χ0) is 22.9. The number of carbonyl (C=O) groups excluding carboxylic acids is 2. The van der Waals surface area contributed by atoms with Crippen LogP contribution in [-0.2, 0) is 4.79 Å². The number of rotatable bonds is 9. The van der Waals surface area contributed by atoms with E-state index in [4.69, 9.17) is 16.0 Å². The number of furan rings is 1. The largest absolute Gasteiger partial charge is 0.457 e. The summed E-state index contributed by atoms with van der Waals surface area (Å²) >= 11 is 5.95. The molecule has 32 heavy (non-hydrogen) atoms. The summed E-state index contributed by atoms with van der Waals surface area (Å²) in [6, 6.07) is 19.6. The fourth-order valence-electron chi connectivity index (χ4n) is 2.98. The van der Waals surface area contributed by atoms with Gasteiger partial charge in [0.1, 0.15) is 17.2 Å². The van der Waals surface area contributed by atoms with Gasteiger partial charge in [0.15, 0.2) is 0 Å². The zero-order valence-corrected chi connectivity index (χ0v) is 18.9. The highest BCUT2D eigenvalue weighted by atomic mass is 35.5. The molecular formula is C25H26ClN3O3. The maximum absolute atomic E-state index is 12.8. The van der Waals surface area contributed by atoms with Gasteiger partial charge in [0, 0.05) is 28.8 Å². The molecule has 0 saturated carbocycles. The van der Waals surface area contributed by atoms with Gasteiger partial charge in [-0.05, 0) is 75.6 Å². The average Bonchev–Trinajstić information content (AvgIpc) is 3.25. The van der Waals surface area contributed by atoms with Gasteiger partial charge in [-0.15, -0.1) is 0 Å². The van der Waals surface area contributed by atoms with E-state index in [0.717, 1.165) is 18.5 Å². The number of amides is 2. The van der Waals surface area contributed by atoms with Crippen LogP contribution in [0, 0.1) is 0 Å². The van der Waals surface area contributed by atoms with Crippen LogP contribution in [0.15, 0.2) is 76.8 Å². The van der Waals surface area contributed by atoms with Crippen molar-refractivity contribution in [2.24, 2.45) is 0 Å². The molecule has 6 nitrogen and oxygen atoms in total. The van der Waals surface area contributed by atoms with E-state index < -0.39 is 0 Å². The molecule has 3 rings (SSSR count). The number of halogens is 1. The van der Waals surface area contributed by atoms with E-state index in [2.05, 4.69) is 10.6 Å². The van der Waals surface area contributed by atoms with Crippen molar-refractivity contribution in [3.8, 4) is 11.3 Å². The third kappa shape index (κ3) is 6.83. The van der Waals surface area contributed by atoms with Gasteiger partial charge in [0.25, 0.3) is 11.8 Å². The van der Waals surface area contributed by atoms with Crippen molar-refractivity contribution >= 4 is 29.5 Å². The molecule has 0 radical (unpaired) electrons. The first-order valence-corrected chi connectivity index (χ1v) is 10.7. The predicted molar refractivity (Wildman–Crippen MR) is 127 cm³/mol. The number of hydrogen-bond donors (Lipinski definition) is 2. The maximum Gasteiger partial charge on any atom is 0.267 e. The van der Waals surface area contributed by atoms with Crippen LogP contribution in [0.5, 0.6) is 0 Å². The highest BCUT2D eigenvalue weighted by Gasteiger charge is 2.15. The molecule has 2 aromatic carbocycles. The van der Waals surface area contributed by atoms with E-state index in [0.29, 0.717) is 28.7 Å². The van der Waals surface area contributed by atoms with Crippen LogP contribution in [0.2, 0.25) is 5.02 Å². The van der Waals surface area contributed by atoms with Crippen molar-refractivity contribution in [3.05, 3.63) is 88.8 Å².